The van der Waals surface area contributed by atoms with E-state index in [1.807, 2.05) is 18.2 Å². The lowest BCUT2D eigenvalue weighted by atomic mass is 10.1. The van der Waals surface area contributed by atoms with E-state index in [9.17, 15) is 4.79 Å². The van der Waals surface area contributed by atoms with E-state index in [1.54, 1.807) is 0 Å². The Hall–Kier alpha value is -1.86. The number of hydrogen-bond acceptors (Lipinski definition) is 6. The topological polar surface area (TPSA) is 101 Å². The number of nitrogens with one attached hydrogen (secondary N) is 3. The van der Waals surface area contributed by atoms with E-state index in [-0.39, 0.29) is 6.04 Å². The Balaban J connectivity index is 1.73. The number of allylic oxidation sites excluding steroid dienone is 1. The molecule has 0 spiro atoms. The van der Waals surface area contributed by atoms with Crippen molar-refractivity contribution in [3.63, 3.8) is 0 Å². The average molecular weight is 307 g/mol. The summed E-state index contributed by atoms with van der Waals surface area (Å²) in [6.45, 7) is 1.97. The zero-order valence-electron chi connectivity index (χ0n) is 13.0. The van der Waals surface area contributed by atoms with Crippen LogP contribution in [-0.4, -0.2) is 50.6 Å². The van der Waals surface area contributed by atoms with Crippen molar-refractivity contribution in [1.29, 1.82) is 0 Å². The van der Waals surface area contributed by atoms with Crippen molar-refractivity contribution < 1.29 is 9.53 Å². The normalized spacial score (nSPS) is 20.7. The minimum atomic E-state index is -0.409. The van der Waals surface area contributed by atoms with Gasteiger partial charge in [0.1, 0.15) is 0 Å². The number of methoxy groups -OCH3 is 1. The van der Waals surface area contributed by atoms with Gasteiger partial charge in [0.25, 0.3) is 0 Å². The average Bonchev–Trinajstić information content (AvgIpc) is 3.25. The lowest BCUT2D eigenvalue weighted by molar-refractivity contribution is 0.171. The molecule has 1 atom stereocenters. The van der Waals surface area contributed by atoms with Gasteiger partial charge in [-0.25, -0.2) is 4.79 Å². The maximum Gasteiger partial charge on any atom is 0.406 e. The van der Waals surface area contributed by atoms with Crippen molar-refractivity contribution in [2.45, 2.75) is 31.3 Å². The molecule has 0 saturated heterocycles. The molecule has 22 heavy (non-hydrogen) atoms. The molecule has 1 unspecified atom stereocenters. The summed E-state index contributed by atoms with van der Waals surface area (Å²) >= 11 is 0. The predicted molar refractivity (Wildman–Crippen MR) is 86.7 cm³/mol. The van der Waals surface area contributed by atoms with Crippen LogP contribution in [0.15, 0.2) is 28.9 Å². The van der Waals surface area contributed by atoms with Gasteiger partial charge in [-0.15, -0.1) is 0 Å². The Labute approximate surface area is 131 Å². The van der Waals surface area contributed by atoms with Crippen molar-refractivity contribution in [2.75, 3.05) is 26.7 Å². The number of ether oxygens (including phenoxy) is 1. The Morgan fingerprint density at radius 3 is 2.91 bits per heavy atom. The highest BCUT2D eigenvalue weighted by molar-refractivity contribution is 6.04. The Bertz CT molecular complexity index is 469. The molecule has 2 rings (SSSR count). The first-order chi connectivity index (χ1) is 10.7. The lowest BCUT2D eigenvalue weighted by Gasteiger charge is -2.09. The van der Waals surface area contributed by atoms with Gasteiger partial charge < -0.3 is 26.5 Å². The van der Waals surface area contributed by atoms with Crippen LogP contribution in [0.4, 0.5) is 4.79 Å². The molecule has 2 aliphatic carbocycles. The van der Waals surface area contributed by atoms with E-state index in [1.165, 1.54) is 20.0 Å². The van der Waals surface area contributed by atoms with Gasteiger partial charge in [0.2, 0.25) is 0 Å². The summed E-state index contributed by atoms with van der Waals surface area (Å²) in [6.07, 6.45) is 8.83. The molecule has 1 amide bonds. The zero-order valence-corrected chi connectivity index (χ0v) is 13.0. The molecule has 0 aliphatic heterocycles. The SMILES string of the molecule is COC(=O)NCCCN/N=C(/CNC1CC1)C1=CC(N)C=C1. The van der Waals surface area contributed by atoms with Crippen LogP contribution in [0, 0.1) is 0 Å². The molecule has 5 N–H and O–H groups in total. The Morgan fingerprint density at radius 2 is 2.27 bits per heavy atom. The quantitative estimate of drug-likeness (QED) is 0.278. The summed E-state index contributed by atoms with van der Waals surface area (Å²) in [5, 5.41) is 10.6. The number of carbonyl (C=O) groups excluding carboxylic acids is 1. The minimum absolute atomic E-state index is 0.0228. The molecule has 1 saturated carbocycles. The summed E-state index contributed by atoms with van der Waals surface area (Å²) in [5.74, 6) is 0. The first-order valence-electron chi connectivity index (χ1n) is 7.69. The third kappa shape index (κ3) is 5.87. The summed E-state index contributed by atoms with van der Waals surface area (Å²) < 4.78 is 4.50. The van der Waals surface area contributed by atoms with Crippen LogP contribution in [0.25, 0.3) is 0 Å². The molecule has 0 aromatic carbocycles. The summed E-state index contributed by atoms with van der Waals surface area (Å²) in [6, 6.07) is 0.611. The summed E-state index contributed by atoms with van der Waals surface area (Å²) in [5.41, 5.74) is 10.9. The lowest BCUT2D eigenvalue weighted by Crippen LogP contribution is -2.29. The molecule has 0 aromatic rings. The van der Waals surface area contributed by atoms with Gasteiger partial charge >= 0.3 is 6.09 Å². The van der Waals surface area contributed by atoms with Crippen molar-refractivity contribution in [2.24, 2.45) is 10.8 Å². The fraction of sp³-hybridized carbons (Fsp3) is 0.600. The van der Waals surface area contributed by atoms with E-state index >= 15 is 0 Å². The van der Waals surface area contributed by atoms with E-state index in [4.69, 9.17) is 5.73 Å². The van der Waals surface area contributed by atoms with Crippen LogP contribution in [0.5, 0.6) is 0 Å². The standard InChI is InChI=1S/C15H25N5O2/c1-22-15(21)17-7-2-8-19-20-14(10-18-13-5-6-13)11-3-4-12(16)9-11/h3-4,9,12-13,18-19H,2,5-8,10,16H2,1H3,(H,17,21)/b20-14-. The number of carbonyl (C=O) groups is 1. The maximum absolute atomic E-state index is 10.9. The third-order valence-electron chi connectivity index (χ3n) is 3.47. The van der Waals surface area contributed by atoms with Crippen molar-refractivity contribution in [1.82, 2.24) is 16.1 Å². The summed E-state index contributed by atoms with van der Waals surface area (Å²) in [4.78, 5) is 10.9. The van der Waals surface area contributed by atoms with Crippen LogP contribution in [0.3, 0.4) is 0 Å². The molecule has 2 aliphatic rings. The minimum Gasteiger partial charge on any atom is -0.453 e. The number of amides is 1. The van der Waals surface area contributed by atoms with Crippen LogP contribution in [-0.2, 0) is 4.74 Å². The fourth-order valence-electron chi connectivity index (χ4n) is 2.04. The van der Waals surface area contributed by atoms with Crippen molar-refractivity contribution in [3.05, 3.63) is 23.8 Å². The van der Waals surface area contributed by atoms with Crippen molar-refractivity contribution >= 4 is 11.8 Å². The van der Waals surface area contributed by atoms with Gasteiger partial charge in [-0.1, -0.05) is 18.2 Å². The molecular weight excluding hydrogens is 282 g/mol. The predicted octanol–water partition coefficient (Wildman–Crippen LogP) is 0.254. The Kier molecular flexibility index (Phi) is 6.42. The second-order valence-electron chi connectivity index (χ2n) is 5.45. The molecular formula is C15H25N5O2. The molecule has 0 radical (unpaired) electrons. The van der Waals surface area contributed by atoms with Crippen LogP contribution < -0.4 is 21.8 Å². The van der Waals surface area contributed by atoms with E-state index < -0.39 is 6.09 Å². The summed E-state index contributed by atoms with van der Waals surface area (Å²) in [7, 11) is 1.35. The molecule has 0 heterocycles. The highest BCUT2D eigenvalue weighted by Gasteiger charge is 2.21. The second kappa shape index (κ2) is 8.55. The van der Waals surface area contributed by atoms with Gasteiger partial charge in [0.05, 0.1) is 12.8 Å². The third-order valence-corrected chi connectivity index (χ3v) is 3.47. The first-order valence-corrected chi connectivity index (χ1v) is 7.69. The number of hydrogen-bond donors (Lipinski definition) is 4. The highest BCUT2D eigenvalue weighted by atomic mass is 16.5. The van der Waals surface area contributed by atoms with Gasteiger partial charge in [0.15, 0.2) is 0 Å². The van der Waals surface area contributed by atoms with Gasteiger partial charge in [-0.05, 0) is 24.8 Å². The largest absolute Gasteiger partial charge is 0.453 e. The van der Waals surface area contributed by atoms with Gasteiger partial charge in [0, 0.05) is 31.7 Å². The molecule has 7 nitrogen and oxygen atoms in total. The van der Waals surface area contributed by atoms with Crippen LogP contribution >= 0.6 is 0 Å². The number of nitrogens with two attached hydrogens (primary N) is 1. The molecule has 0 bridgehead atoms. The van der Waals surface area contributed by atoms with E-state index in [2.05, 4.69) is 25.9 Å². The number of rotatable bonds is 9. The number of nitrogens with zero attached hydrogens (tertiary/aromatic N) is 1. The first kappa shape index (κ1) is 16.5. The Morgan fingerprint density at radius 1 is 1.45 bits per heavy atom. The number of alkyl carbamates (subject to hydrolysis) is 1. The zero-order chi connectivity index (χ0) is 15.8. The van der Waals surface area contributed by atoms with E-state index in [0.717, 1.165) is 24.3 Å². The van der Waals surface area contributed by atoms with Crippen LogP contribution in [0.2, 0.25) is 0 Å². The maximum atomic E-state index is 10.9. The fourth-order valence-corrected chi connectivity index (χ4v) is 2.04. The monoisotopic (exact) mass is 307 g/mol. The second-order valence-corrected chi connectivity index (χ2v) is 5.45. The number of hydrazone groups is 1. The molecule has 122 valence electrons. The highest BCUT2D eigenvalue weighted by Crippen LogP contribution is 2.19. The molecule has 7 heteroatoms. The van der Waals surface area contributed by atoms with Crippen LogP contribution in [0.1, 0.15) is 19.3 Å². The van der Waals surface area contributed by atoms with Gasteiger partial charge in [-0.3, -0.25) is 0 Å². The smallest absolute Gasteiger partial charge is 0.406 e. The van der Waals surface area contributed by atoms with Gasteiger partial charge in [-0.2, -0.15) is 5.10 Å². The van der Waals surface area contributed by atoms with E-state index in [0.29, 0.717) is 19.1 Å². The molecule has 1 fully saturated rings. The van der Waals surface area contributed by atoms with Crippen molar-refractivity contribution in [3.8, 4) is 0 Å². The molecule has 0 aromatic heterocycles.